The SMILES string of the molecule is Cc1c(C(=O)NCC2CC3(CC3)CO2)oc2c1-c1nn(C[C@H]3COCCO3)cc1C1(CC1)C2. The maximum Gasteiger partial charge on any atom is 0.287 e. The van der Waals surface area contributed by atoms with Crippen molar-refractivity contribution in [3.05, 3.63) is 28.8 Å². The minimum absolute atomic E-state index is 0.0223. The molecule has 4 fully saturated rings. The number of nitrogens with one attached hydrogen (secondary N) is 1. The Hall–Kier alpha value is -2.16. The van der Waals surface area contributed by atoms with E-state index in [0.717, 1.165) is 54.9 Å². The Morgan fingerprint density at radius 3 is 2.82 bits per heavy atom. The Balaban J connectivity index is 1.13. The van der Waals surface area contributed by atoms with E-state index in [1.54, 1.807) is 0 Å². The predicted molar refractivity (Wildman–Crippen MR) is 118 cm³/mol. The molecular weight excluding hydrogens is 422 g/mol. The molecule has 0 aromatic carbocycles. The summed E-state index contributed by atoms with van der Waals surface area (Å²) in [5, 5.41) is 8.02. The van der Waals surface area contributed by atoms with E-state index in [9.17, 15) is 4.79 Å². The molecule has 1 unspecified atom stereocenters. The van der Waals surface area contributed by atoms with Crippen molar-refractivity contribution in [2.75, 3.05) is 33.0 Å². The van der Waals surface area contributed by atoms with E-state index in [1.807, 2.05) is 11.6 Å². The van der Waals surface area contributed by atoms with Crippen molar-refractivity contribution in [2.45, 2.75) is 69.6 Å². The van der Waals surface area contributed by atoms with Crippen LogP contribution in [0.4, 0.5) is 0 Å². The molecule has 33 heavy (non-hydrogen) atoms. The summed E-state index contributed by atoms with van der Waals surface area (Å²) in [7, 11) is 0. The molecule has 5 aliphatic rings. The molecule has 3 aliphatic carbocycles. The summed E-state index contributed by atoms with van der Waals surface area (Å²) >= 11 is 0. The van der Waals surface area contributed by atoms with Gasteiger partial charge in [0.05, 0.1) is 44.8 Å². The number of carbonyl (C=O) groups is 1. The molecular formula is C25H31N3O5. The number of aromatic nitrogens is 2. The molecule has 7 rings (SSSR count). The van der Waals surface area contributed by atoms with Crippen LogP contribution < -0.4 is 5.32 Å². The summed E-state index contributed by atoms with van der Waals surface area (Å²) in [4.78, 5) is 13.1. The van der Waals surface area contributed by atoms with Gasteiger partial charge in [0.2, 0.25) is 0 Å². The standard InChI is InChI=1S/C25H31N3O5/c1-15-20-19(33-22(15)23(29)26-10-16-8-24(2-3-24)14-32-16)9-25(4-5-25)18-12-28(27-21(18)20)11-17-13-30-6-7-31-17/h12,16-17H,2-11,13-14H2,1H3,(H,26,29)/t16?,17-/m0/s1. The first-order valence-corrected chi connectivity index (χ1v) is 12.3. The van der Waals surface area contributed by atoms with Crippen LogP contribution in [0.2, 0.25) is 0 Å². The lowest BCUT2D eigenvalue weighted by molar-refractivity contribution is -0.0946. The Morgan fingerprint density at radius 1 is 1.21 bits per heavy atom. The van der Waals surface area contributed by atoms with Gasteiger partial charge in [0.1, 0.15) is 11.9 Å². The molecule has 0 bridgehead atoms. The van der Waals surface area contributed by atoms with Gasteiger partial charge in [0.15, 0.2) is 5.76 Å². The van der Waals surface area contributed by atoms with Crippen LogP contribution in [-0.2, 0) is 32.6 Å². The number of hydrogen-bond donors (Lipinski definition) is 1. The number of carbonyl (C=O) groups excluding carboxylic acids is 1. The molecule has 1 N–H and O–H groups in total. The molecule has 2 aliphatic heterocycles. The third kappa shape index (κ3) is 3.37. The molecule has 2 atom stereocenters. The predicted octanol–water partition coefficient (Wildman–Crippen LogP) is 2.75. The molecule has 2 saturated carbocycles. The Labute approximate surface area is 192 Å². The molecule has 1 amide bonds. The third-order valence-electron chi connectivity index (χ3n) is 8.36. The quantitative estimate of drug-likeness (QED) is 0.749. The smallest absolute Gasteiger partial charge is 0.287 e. The first kappa shape index (κ1) is 20.2. The Morgan fingerprint density at radius 2 is 2.09 bits per heavy atom. The lowest BCUT2D eigenvalue weighted by Gasteiger charge is -2.22. The minimum Gasteiger partial charge on any atom is -0.455 e. The highest BCUT2D eigenvalue weighted by atomic mass is 16.6. The fourth-order valence-corrected chi connectivity index (χ4v) is 6.00. The normalized spacial score (nSPS) is 28.0. The van der Waals surface area contributed by atoms with Crippen molar-refractivity contribution < 1.29 is 23.4 Å². The van der Waals surface area contributed by atoms with Gasteiger partial charge in [0.25, 0.3) is 5.91 Å². The summed E-state index contributed by atoms with van der Waals surface area (Å²) in [5.74, 6) is 1.17. The number of fused-ring (bicyclic) bond motifs is 4. The average molecular weight is 454 g/mol. The van der Waals surface area contributed by atoms with Crippen molar-refractivity contribution in [3.63, 3.8) is 0 Å². The zero-order valence-corrected chi connectivity index (χ0v) is 19.2. The van der Waals surface area contributed by atoms with Crippen LogP contribution >= 0.6 is 0 Å². The van der Waals surface area contributed by atoms with Crippen molar-refractivity contribution in [3.8, 4) is 11.3 Å². The molecule has 4 heterocycles. The second-order valence-electron chi connectivity index (χ2n) is 10.8. The first-order chi connectivity index (χ1) is 16.0. The highest BCUT2D eigenvalue weighted by molar-refractivity contribution is 5.95. The Kier molecular flexibility index (Phi) is 4.40. The molecule has 0 radical (unpaired) electrons. The van der Waals surface area contributed by atoms with Crippen LogP contribution in [0.15, 0.2) is 10.6 Å². The van der Waals surface area contributed by atoms with Gasteiger partial charge in [0, 0.05) is 41.3 Å². The molecule has 8 heteroatoms. The monoisotopic (exact) mass is 453 g/mol. The van der Waals surface area contributed by atoms with E-state index in [-0.39, 0.29) is 23.5 Å². The van der Waals surface area contributed by atoms with Gasteiger partial charge in [-0.1, -0.05) is 0 Å². The number of ether oxygens (including phenoxy) is 3. The second kappa shape index (κ2) is 7.17. The molecule has 2 spiro atoms. The van der Waals surface area contributed by atoms with Gasteiger partial charge < -0.3 is 23.9 Å². The molecule has 2 aromatic rings. The topological polar surface area (TPSA) is 87.8 Å². The number of furan rings is 1. The van der Waals surface area contributed by atoms with Gasteiger partial charge in [-0.25, -0.2) is 0 Å². The zero-order valence-electron chi connectivity index (χ0n) is 19.2. The minimum atomic E-state index is -0.152. The van der Waals surface area contributed by atoms with E-state index >= 15 is 0 Å². The van der Waals surface area contributed by atoms with Crippen LogP contribution in [0.1, 0.15) is 59.5 Å². The summed E-state index contributed by atoms with van der Waals surface area (Å²) in [6, 6.07) is 0. The molecule has 2 saturated heterocycles. The van der Waals surface area contributed by atoms with Gasteiger partial charge in [-0.2, -0.15) is 5.10 Å². The van der Waals surface area contributed by atoms with E-state index < -0.39 is 0 Å². The Bertz CT molecular complexity index is 1100. The summed E-state index contributed by atoms with van der Waals surface area (Å²) in [5.41, 5.74) is 4.67. The molecule has 176 valence electrons. The summed E-state index contributed by atoms with van der Waals surface area (Å²) < 4.78 is 25.5. The number of nitrogens with zero attached hydrogens (tertiary/aromatic N) is 2. The van der Waals surface area contributed by atoms with Gasteiger partial charge >= 0.3 is 0 Å². The average Bonchev–Trinajstić information content (AvgIpc) is 3.61. The van der Waals surface area contributed by atoms with Crippen LogP contribution in [0, 0.1) is 12.3 Å². The largest absolute Gasteiger partial charge is 0.455 e. The number of rotatable bonds is 5. The van der Waals surface area contributed by atoms with Crippen molar-refractivity contribution >= 4 is 5.91 Å². The van der Waals surface area contributed by atoms with Crippen LogP contribution in [-0.4, -0.2) is 60.9 Å². The van der Waals surface area contributed by atoms with Gasteiger partial charge in [-0.3, -0.25) is 9.48 Å². The first-order valence-electron chi connectivity index (χ1n) is 12.3. The second-order valence-corrected chi connectivity index (χ2v) is 10.8. The van der Waals surface area contributed by atoms with Gasteiger partial charge in [-0.05, 0) is 44.4 Å². The highest BCUT2D eigenvalue weighted by Crippen LogP contribution is 2.58. The third-order valence-corrected chi connectivity index (χ3v) is 8.36. The van der Waals surface area contributed by atoms with Crippen molar-refractivity contribution in [1.82, 2.24) is 15.1 Å². The number of hydrogen-bond acceptors (Lipinski definition) is 6. The lowest BCUT2D eigenvalue weighted by atomic mass is 9.82. The fraction of sp³-hybridized carbons (Fsp3) is 0.680. The molecule has 8 nitrogen and oxygen atoms in total. The lowest BCUT2D eigenvalue weighted by Crippen LogP contribution is -2.32. The molecule has 2 aromatic heterocycles. The fourth-order valence-electron chi connectivity index (χ4n) is 6.00. The van der Waals surface area contributed by atoms with E-state index in [2.05, 4.69) is 11.5 Å². The zero-order chi connectivity index (χ0) is 22.2. The summed E-state index contributed by atoms with van der Waals surface area (Å²) in [6.45, 7) is 5.92. The van der Waals surface area contributed by atoms with E-state index in [1.165, 1.54) is 18.4 Å². The number of amides is 1. The van der Waals surface area contributed by atoms with E-state index in [0.29, 0.717) is 44.1 Å². The van der Waals surface area contributed by atoms with Crippen molar-refractivity contribution in [2.24, 2.45) is 5.41 Å². The summed E-state index contributed by atoms with van der Waals surface area (Å²) in [6.07, 6.45) is 9.01. The van der Waals surface area contributed by atoms with E-state index in [4.69, 9.17) is 23.7 Å². The van der Waals surface area contributed by atoms with Crippen molar-refractivity contribution in [1.29, 1.82) is 0 Å². The van der Waals surface area contributed by atoms with Gasteiger partial charge in [-0.15, -0.1) is 0 Å². The maximum atomic E-state index is 13.1. The highest BCUT2D eigenvalue weighted by Gasteiger charge is 2.52. The maximum absolute atomic E-state index is 13.1. The van der Waals surface area contributed by atoms with Crippen LogP contribution in [0.3, 0.4) is 0 Å². The van der Waals surface area contributed by atoms with Crippen LogP contribution in [0.25, 0.3) is 11.3 Å². The van der Waals surface area contributed by atoms with Crippen LogP contribution in [0.5, 0.6) is 0 Å².